The standard InChI is InChI=1S/C19H18Cl2N2O3/c1-11-3-4-12(20)9-14(11)22-17(24)19(7-8-19)18(25)23-15-10-13(21)5-6-16(15)26-2/h3-6,9-10H,7-8H2,1-2H3,(H,22,24)(H,23,25). The van der Waals surface area contributed by atoms with Crippen LogP contribution in [0.15, 0.2) is 36.4 Å². The number of methoxy groups -OCH3 is 1. The monoisotopic (exact) mass is 392 g/mol. The smallest absolute Gasteiger partial charge is 0.240 e. The molecule has 2 aromatic rings. The van der Waals surface area contributed by atoms with Crippen LogP contribution in [-0.2, 0) is 9.59 Å². The van der Waals surface area contributed by atoms with Crippen LogP contribution < -0.4 is 15.4 Å². The topological polar surface area (TPSA) is 67.4 Å². The van der Waals surface area contributed by atoms with E-state index in [1.54, 1.807) is 30.3 Å². The summed E-state index contributed by atoms with van der Waals surface area (Å²) in [7, 11) is 1.50. The van der Waals surface area contributed by atoms with Crippen molar-refractivity contribution in [2.24, 2.45) is 5.41 Å². The molecule has 0 unspecified atom stereocenters. The van der Waals surface area contributed by atoms with Gasteiger partial charge >= 0.3 is 0 Å². The third-order valence-corrected chi connectivity index (χ3v) is 4.95. The molecule has 7 heteroatoms. The first kappa shape index (κ1) is 18.5. The molecule has 2 aromatic carbocycles. The van der Waals surface area contributed by atoms with Crippen LogP contribution in [-0.4, -0.2) is 18.9 Å². The fraction of sp³-hybridized carbons (Fsp3) is 0.263. The number of aryl methyl sites for hydroxylation is 1. The molecule has 0 atom stereocenters. The molecule has 0 saturated heterocycles. The SMILES string of the molecule is COc1ccc(Cl)cc1NC(=O)C1(C(=O)Nc2cc(Cl)ccc2C)CC1. The summed E-state index contributed by atoms with van der Waals surface area (Å²) in [5.74, 6) is -0.249. The molecular formula is C19H18Cl2N2O3. The predicted molar refractivity (Wildman–Crippen MR) is 103 cm³/mol. The molecule has 1 saturated carbocycles. The maximum atomic E-state index is 12.8. The normalized spacial score (nSPS) is 14.5. The molecule has 0 aromatic heterocycles. The van der Waals surface area contributed by atoms with E-state index in [1.165, 1.54) is 7.11 Å². The maximum absolute atomic E-state index is 12.8. The molecule has 0 spiro atoms. The van der Waals surface area contributed by atoms with Crippen molar-refractivity contribution in [3.05, 3.63) is 52.0 Å². The molecule has 2 amide bonds. The fourth-order valence-corrected chi connectivity index (χ4v) is 3.02. The van der Waals surface area contributed by atoms with Gasteiger partial charge in [-0.15, -0.1) is 0 Å². The van der Waals surface area contributed by atoms with Gasteiger partial charge in [0.1, 0.15) is 11.2 Å². The van der Waals surface area contributed by atoms with Crippen LogP contribution >= 0.6 is 23.2 Å². The van der Waals surface area contributed by atoms with E-state index < -0.39 is 5.41 Å². The van der Waals surface area contributed by atoms with Crippen LogP contribution in [0.5, 0.6) is 5.75 Å². The van der Waals surface area contributed by atoms with Crippen molar-refractivity contribution in [1.82, 2.24) is 0 Å². The van der Waals surface area contributed by atoms with Crippen LogP contribution in [0.2, 0.25) is 10.0 Å². The van der Waals surface area contributed by atoms with Gasteiger partial charge in [0.15, 0.2) is 0 Å². The Morgan fingerprint density at radius 1 is 0.962 bits per heavy atom. The molecule has 0 heterocycles. The first-order valence-corrected chi connectivity index (χ1v) is 8.84. The fourth-order valence-electron chi connectivity index (χ4n) is 2.67. The van der Waals surface area contributed by atoms with Crippen molar-refractivity contribution in [1.29, 1.82) is 0 Å². The Morgan fingerprint density at radius 3 is 2.08 bits per heavy atom. The molecule has 26 heavy (non-hydrogen) atoms. The number of hydrogen-bond acceptors (Lipinski definition) is 3. The summed E-state index contributed by atoms with van der Waals surface area (Å²) >= 11 is 12.0. The first-order chi connectivity index (χ1) is 12.4. The van der Waals surface area contributed by atoms with Crippen molar-refractivity contribution >= 4 is 46.4 Å². The van der Waals surface area contributed by atoms with Crippen LogP contribution in [0.4, 0.5) is 11.4 Å². The second kappa shape index (κ2) is 7.17. The second-order valence-corrected chi connectivity index (χ2v) is 7.17. The third-order valence-electron chi connectivity index (χ3n) is 4.48. The Morgan fingerprint density at radius 2 is 1.50 bits per heavy atom. The lowest BCUT2D eigenvalue weighted by atomic mass is 10.0. The third kappa shape index (κ3) is 3.64. The zero-order valence-corrected chi connectivity index (χ0v) is 15.9. The molecule has 2 N–H and O–H groups in total. The minimum absolute atomic E-state index is 0.346. The van der Waals surface area contributed by atoms with Gasteiger partial charge in [-0.1, -0.05) is 29.3 Å². The number of anilines is 2. The van der Waals surface area contributed by atoms with E-state index in [0.29, 0.717) is 40.0 Å². The van der Waals surface area contributed by atoms with E-state index in [1.807, 2.05) is 13.0 Å². The molecule has 136 valence electrons. The van der Waals surface area contributed by atoms with Crippen LogP contribution in [0.3, 0.4) is 0 Å². The Balaban J connectivity index is 1.78. The van der Waals surface area contributed by atoms with Gasteiger partial charge in [-0.05, 0) is 55.7 Å². The summed E-state index contributed by atoms with van der Waals surface area (Å²) in [5.41, 5.74) is 0.808. The van der Waals surface area contributed by atoms with Gasteiger partial charge in [0.05, 0.1) is 12.8 Å². The summed E-state index contributed by atoms with van der Waals surface area (Å²) in [6.45, 7) is 1.86. The average Bonchev–Trinajstić information content (AvgIpc) is 3.40. The van der Waals surface area contributed by atoms with Crippen molar-refractivity contribution in [3.8, 4) is 5.75 Å². The van der Waals surface area contributed by atoms with Crippen molar-refractivity contribution < 1.29 is 14.3 Å². The van der Waals surface area contributed by atoms with Crippen LogP contribution in [0.25, 0.3) is 0 Å². The number of carbonyl (C=O) groups excluding carboxylic acids is 2. The summed E-state index contributed by atoms with van der Waals surface area (Å²) in [4.78, 5) is 25.5. The number of carbonyl (C=O) groups is 2. The molecule has 1 fully saturated rings. The number of halogens is 2. The number of benzene rings is 2. The van der Waals surface area contributed by atoms with Gasteiger partial charge in [-0.3, -0.25) is 9.59 Å². The van der Waals surface area contributed by atoms with Crippen molar-refractivity contribution in [3.63, 3.8) is 0 Å². The van der Waals surface area contributed by atoms with E-state index in [-0.39, 0.29) is 11.8 Å². The van der Waals surface area contributed by atoms with Crippen LogP contribution in [0, 0.1) is 12.3 Å². The van der Waals surface area contributed by atoms with Crippen molar-refractivity contribution in [2.45, 2.75) is 19.8 Å². The first-order valence-electron chi connectivity index (χ1n) is 8.08. The predicted octanol–water partition coefficient (Wildman–Crippen LogP) is 4.67. The molecule has 1 aliphatic rings. The van der Waals surface area contributed by atoms with E-state index in [9.17, 15) is 9.59 Å². The summed E-state index contributed by atoms with van der Waals surface area (Å²) in [6, 6.07) is 10.1. The van der Waals surface area contributed by atoms with Gasteiger partial charge in [-0.25, -0.2) is 0 Å². The van der Waals surface area contributed by atoms with E-state index >= 15 is 0 Å². The molecule has 0 bridgehead atoms. The van der Waals surface area contributed by atoms with Gasteiger partial charge in [0, 0.05) is 15.7 Å². The van der Waals surface area contributed by atoms with E-state index in [2.05, 4.69) is 10.6 Å². The number of rotatable bonds is 5. The number of nitrogens with one attached hydrogen (secondary N) is 2. The Bertz CT molecular complexity index is 879. The van der Waals surface area contributed by atoms with Gasteiger partial charge in [0.2, 0.25) is 11.8 Å². The highest BCUT2D eigenvalue weighted by Crippen LogP contribution is 2.48. The number of amides is 2. The Kier molecular flexibility index (Phi) is 5.12. The summed E-state index contributed by atoms with van der Waals surface area (Å²) in [6.07, 6.45) is 0.959. The molecule has 0 radical (unpaired) electrons. The average molecular weight is 393 g/mol. The minimum atomic E-state index is -1.10. The zero-order valence-electron chi connectivity index (χ0n) is 14.4. The number of hydrogen-bond donors (Lipinski definition) is 2. The lowest BCUT2D eigenvalue weighted by Crippen LogP contribution is -2.35. The van der Waals surface area contributed by atoms with Crippen molar-refractivity contribution in [2.75, 3.05) is 17.7 Å². The Hall–Kier alpha value is -2.24. The minimum Gasteiger partial charge on any atom is -0.495 e. The Labute approximate surface area is 161 Å². The maximum Gasteiger partial charge on any atom is 0.240 e. The lowest BCUT2D eigenvalue weighted by molar-refractivity contribution is -0.131. The molecular weight excluding hydrogens is 375 g/mol. The molecule has 0 aliphatic heterocycles. The molecule has 1 aliphatic carbocycles. The summed E-state index contributed by atoms with van der Waals surface area (Å²) in [5, 5.41) is 6.56. The van der Waals surface area contributed by atoms with E-state index in [4.69, 9.17) is 27.9 Å². The van der Waals surface area contributed by atoms with Gasteiger partial charge in [0.25, 0.3) is 0 Å². The highest BCUT2D eigenvalue weighted by atomic mass is 35.5. The highest BCUT2D eigenvalue weighted by Gasteiger charge is 2.56. The van der Waals surface area contributed by atoms with Gasteiger partial charge < -0.3 is 15.4 Å². The highest BCUT2D eigenvalue weighted by molar-refractivity contribution is 6.31. The zero-order chi connectivity index (χ0) is 18.9. The molecule has 5 nitrogen and oxygen atoms in total. The van der Waals surface area contributed by atoms with E-state index in [0.717, 1.165) is 5.56 Å². The second-order valence-electron chi connectivity index (χ2n) is 6.29. The number of ether oxygens (including phenoxy) is 1. The lowest BCUT2D eigenvalue weighted by Gasteiger charge is -2.18. The molecule has 3 rings (SSSR count). The van der Waals surface area contributed by atoms with Crippen LogP contribution in [0.1, 0.15) is 18.4 Å². The van der Waals surface area contributed by atoms with Gasteiger partial charge in [-0.2, -0.15) is 0 Å². The quantitative estimate of drug-likeness (QED) is 0.726. The largest absolute Gasteiger partial charge is 0.495 e. The summed E-state index contributed by atoms with van der Waals surface area (Å²) < 4.78 is 5.23.